The first-order valence-electron chi connectivity index (χ1n) is 15.4. The van der Waals surface area contributed by atoms with Gasteiger partial charge in [0.15, 0.2) is 0 Å². The first kappa shape index (κ1) is 37.2. The van der Waals surface area contributed by atoms with Crippen LogP contribution in [0.25, 0.3) is 0 Å². The van der Waals surface area contributed by atoms with Crippen LogP contribution in [0.1, 0.15) is 130 Å². The molecule has 0 aliphatic rings. The first-order chi connectivity index (χ1) is 18.9. The zero-order valence-electron chi connectivity index (χ0n) is 25.1. The van der Waals surface area contributed by atoms with Crippen molar-refractivity contribution in [2.45, 2.75) is 135 Å². The molecule has 1 aromatic carbocycles. The van der Waals surface area contributed by atoms with E-state index in [0.29, 0.717) is 50.3 Å². The second-order valence-corrected chi connectivity index (χ2v) is 18.8. The van der Waals surface area contributed by atoms with Gasteiger partial charge in [0.25, 0.3) is 0 Å². The fourth-order valence-corrected chi connectivity index (χ4v) is 15.7. The van der Waals surface area contributed by atoms with Crippen molar-refractivity contribution in [3.8, 4) is 0 Å². The second kappa shape index (κ2) is 18.0. The van der Waals surface area contributed by atoms with Crippen LogP contribution in [0.4, 0.5) is 22.0 Å². The molecule has 0 aromatic heterocycles. The van der Waals surface area contributed by atoms with Crippen LogP contribution in [-0.2, 0) is 14.1 Å². The Hall–Kier alpha value is -0.790. The molecule has 0 spiro atoms. The second-order valence-electron chi connectivity index (χ2n) is 11.4. The quantitative estimate of drug-likeness (QED) is 0.0403. The van der Waals surface area contributed by atoms with Crippen LogP contribution in [0.2, 0.25) is 0 Å². The van der Waals surface area contributed by atoms with Crippen LogP contribution in [-0.4, -0.2) is 33.1 Å². The molecule has 0 atom stereocenters. The summed E-state index contributed by atoms with van der Waals surface area (Å²) in [6.07, 6.45) is 17.1. The van der Waals surface area contributed by atoms with E-state index in [2.05, 4.69) is 6.92 Å². The van der Waals surface area contributed by atoms with Crippen LogP contribution in [0.15, 0.2) is 4.90 Å². The minimum atomic E-state index is -5.29. The Labute approximate surface area is 240 Å². The van der Waals surface area contributed by atoms with E-state index in [0.717, 1.165) is 44.9 Å². The van der Waals surface area contributed by atoms with Gasteiger partial charge in [0.2, 0.25) is 0 Å². The van der Waals surface area contributed by atoms with Gasteiger partial charge in [0, 0.05) is 0 Å². The van der Waals surface area contributed by atoms with Crippen molar-refractivity contribution in [1.82, 2.24) is 0 Å². The first-order valence-corrected chi connectivity index (χ1v) is 19.7. The summed E-state index contributed by atoms with van der Waals surface area (Å²) in [4.78, 5) is -1.87. The summed E-state index contributed by atoms with van der Waals surface area (Å²) < 4.78 is 104. The summed E-state index contributed by atoms with van der Waals surface area (Å²) in [5.74, 6) is -11.7. The third-order valence-electron chi connectivity index (χ3n) is 8.04. The topological polar surface area (TPSA) is 43.4 Å². The van der Waals surface area contributed by atoms with Crippen molar-refractivity contribution in [1.29, 1.82) is 0 Å². The van der Waals surface area contributed by atoms with E-state index in [9.17, 15) is 30.4 Å². The summed E-state index contributed by atoms with van der Waals surface area (Å²) in [6.45, 7) is 4.44. The monoisotopic (exact) mass is 618 g/mol. The third-order valence-corrected chi connectivity index (χ3v) is 17.2. The molecular weight excluding hydrogens is 566 g/mol. The van der Waals surface area contributed by atoms with Gasteiger partial charge in [0.1, 0.15) is 0 Å². The zero-order valence-corrected chi connectivity index (χ0v) is 26.8. The molecule has 0 unspecified atom stereocenters. The molecule has 10 heteroatoms. The van der Waals surface area contributed by atoms with E-state index in [1.54, 1.807) is 0 Å². The summed E-state index contributed by atoms with van der Waals surface area (Å²) in [6, 6.07) is 0. The van der Waals surface area contributed by atoms with Crippen LogP contribution in [0, 0.1) is 29.1 Å². The molecule has 3 nitrogen and oxygen atoms in total. The van der Waals surface area contributed by atoms with Crippen molar-refractivity contribution in [3.05, 3.63) is 29.1 Å². The molecule has 0 heterocycles. The van der Waals surface area contributed by atoms with Gasteiger partial charge < -0.3 is 0 Å². The normalized spacial score (nSPS) is 13.5. The van der Waals surface area contributed by atoms with Gasteiger partial charge in [-0.25, -0.2) is 0 Å². The third kappa shape index (κ3) is 10.5. The van der Waals surface area contributed by atoms with Crippen molar-refractivity contribution < 1.29 is 34.3 Å². The molecular formula is C30H52F5O3PS. The maximum absolute atomic E-state index is 14.7. The van der Waals surface area contributed by atoms with Crippen molar-refractivity contribution >= 4 is 16.9 Å². The number of rotatable bonds is 23. The molecule has 1 rings (SSSR count). The van der Waals surface area contributed by atoms with Crippen molar-refractivity contribution in [3.63, 3.8) is 0 Å². The Morgan fingerprint density at radius 2 is 0.775 bits per heavy atom. The number of benzene rings is 1. The Balaban J connectivity index is 3.37. The van der Waals surface area contributed by atoms with E-state index in [-0.39, 0.29) is 0 Å². The predicted octanol–water partition coefficient (Wildman–Crippen LogP) is 10.9. The predicted molar refractivity (Wildman–Crippen MR) is 157 cm³/mol. The molecule has 0 radical (unpaired) electrons. The van der Waals surface area contributed by atoms with Crippen LogP contribution < -0.4 is 0 Å². The molecule has 0 bridgehead atoms. The fraction of sp³-hybridized carbons (Fsp3) is 0.800. The molecule has 0 aliphatic carbocycles. The van der Waals surface area contributed by atoms with Gasteiger partial charge in [-0.1, -0.05) is 0 Å². The average Bonchev–Trinajstić information content (AvgIpc) is 2.93. The van der Waals surface area contributed by atoms with Crippen molar-refractivity contribution in [2.24, 2.45) is 0 Å². The standard InChI is InChI=1S/C30H52F5O3PS/c1-5-9-13-14-15-16-17-18-19-20-24-39(21-10-6-2,22-11-7-3,23-12-8-4)38-40(36,37)30-28(34)26(32)25(31)27(33)29(30)35/h5-24H2,1-4H3. The van der Waals surface area contributed by atoms with E-state index in [1.807, 2.05) is 20.8 Å². The van der Waals surface area contributed by atoms with E-state index in [1.165, 1.54) is 32.1 Å². The van der Waals surface area contributed by atoms with Crippen LogP contribution in [0.3, 0.4) is 0 Å². The van der Waals surface area contributed by atoms with E-state index < -0.39 is 50.9 Å². The maximum atomic E-state index is 14.7. The van der Waals surface area contributed by atoms with E-state index in [4.69, 9.17) is 3.97 Å². The Morgan fingerprint density at radius 1 is 0.475 bits per heavy atom. The molecule has 0 amide bonds. The summed E-state index contributed by atoms with van der Waals surface area (Å²) in [7, 11) is -5.29. The molecule has 0 saturated heterocycles. The molecule has 0 N–H and O–H groups in total. The minimum absolute atomic E-state index is 0.453. The molecule has 0 fully saturated rings. The molecule has 0 aliphatic heterocycles. The summed E-state index contributed by atoms with van der Waals surface area (Å²) in [5.41, 5.74) is 0. The fourth-order valence-electron chi connectivity index (χ4n) is 5.61. The summed E-state index contributed by atoms with van der Waals surface area (Å²) >= 11 is 0. The SMILES string of the molecule is CCCCCCCCCCCCP(CCCC)(CCCC)(CCCC)OS(=O)(=O)c1c(F)c(F)c(F)c(F)c1F. The van der Waals surface area contributed by atoms with Gasteiger partial charge in [-0.2, -0.15) is 0 Å². The van der Waals surface area contributed by atoms with Gasteiger partial charge >= 0.3 is 240 Å². The molecule has 40 heavy (non-hydrogen) atoms. The number of hydrogen-bond acceptors (Lipinski definition) is 3. The van der Waals surface area contributed by atoms with Gasteiger partial charge in [0.05, 0.1) is 0 Å². The average molecular weight is 619 g/mol. The van der Waals surface area contributed by atoms with Gasteiger partial charge in [-0.15, -0.1) is 0 Å². The number of halogens is 5. The van der Waals surface area contributed by atoms with Crippen LogP contribution >= 0.6 is 6.83 Å². The van der Waals surface area contributed by atoms with Gasteiger partial charge in [-0.05, 0) is 0 Å². The van der Waals surface area contributed by atoms with E-state index >= 15 is 0 Å². The molecule has 236 valence electrons. The number of hydrogen-bond donors (Lipinski definition) is 0. The van der Waals surface area contributed by atoms with Gasteiger partial charge in [-0.3, -0.25) is 0 Å². The van der Waals surface area contributed by atoms with Crippen LogP contribution in [0.5, 0.6) is 0 Å². The molecule has 1 aromatic rings. The molecule has 0 saturated carbocycles. The zero-order chi connectivity index (χ0) is 30.3. The Morgan fingerprint density at radius 3 is 1.15 bits per heavy atom. The Kier molecular flexibility index (Phi) is 16.8. The number of unbranched alkanes of at least 4 members (excludes halogenated alkanes) is 12. The van der Waals surface area contributed by atoms with Crippen molar-refractivity contribution in [2.75, 3.05) is 24.6 Å². The Bertz CT molecular complexity index is 950. The summed E-state index contributed by atoms with van der Waals surface area (Å²) in [5, 5.41) is 0.